The van der Waals surface area contributed by atoms with Crippen molar-refractivity contribution in [2.45, 2.75) is 38.2 Å². The average Bonchev–Trinajstić information content (AvgIpc) is 3.38. The van der Waals surface area contributed by atoms with Crippen molar-refractivity contribution in [2.75, 3.05) is 46.4 Å². The van der Waals surface area contributed by atoms with E-state index in [2.05, 4.69) is 15.2 Å². The number of carbonyl (C=O) groups excluding carboxylic acids is 1. The van der Waals surface area contributed by atoms with Gasteiger partial charge < -0.3 is 24.3 Å². The molecule has 1 aromatic rings. The summed E-state index contributed by atoms with van der Waals surface area (Å²) in [6.07, 6.45) is 8.05. The summed E-state index contributed by atoms with van der Waals surface area (Å²) in [4.78, 5) is 20.7. The van der Waals surface area contributed by atoms with E-state index in [4.69, 9.17) is 9.15 Å². The SMILES string of the molecule is CN=C(NCCCOC1CCCC1)N1CCN(C(=O)c2ccco2)CC1. The molecule has 0 aromatic carbocycles. The fourth-order valence-corrected chi connectivity index (χ4v) is 3.59. The van der Waals surface area contributed by atoms with Gasteiger partial charge in [0.1, 0.15) is 0 Å². The maximum Gasteiger partial charge on any atom is 0.289 e. The maximum atomic E-state index is 12.3. The van der Waals surface area contributed by atoms with Crippen LogP contribution in [0.1, 0.15) is 42.7 Å². The van der Waals surface area contributed by atoms with E-state index in [9.17, 15) is 4.79 Å². The van der Waals surface area contributed by atoms with Gasteiger partial charge >= 0.3 is 0 Å². The topological polar surface area (TPSA) is 70.3 Å². The van der Waals surface area contributed by atoms with Gasteiger partial charge in [-0.2, -0.15) is 0 Å². The van der Waals surface area contributed by atoms with Gasteiger partial charge in [-0.3, -0.25) is 9.79 Å². The molecular weight excluding hydrogens is 332 g/mol. The average molecular weight is 362 g/mol. The van der Waals surface area contributed by atoms with Crippen molar-refractivity contribution in [3.63, 3.8) is 0 Å². The molecule has 1 saturated heterocycles. The van der Waals surface area contributed by atoms with Crippen molar-refractivity contribution >= 4 is 11.9 Å². The number of piperazine rings is 1. The molecule has 2 fully saturated rings. The lowest BCUT2D eigenvalue weighted by Gasteiger charge is -2.36. The first-order chi connectivity index (χ1) is 12.8. The Balaban J connectivity index is 1.34. The van der Waals surface area contributed by atoms with Crippen molar-refractivity contribution in [1.29, 1.82) is 0 Å². The molecule has 1 amide bonds. The van der Waals surface area contributed by atoms with Gasteiger partial charge in [-0.05, 0) is 31.4 Å². The van der Waals surface area contributed by atoms with E-state index in [-0.39, 0.29) is 5.91 Å². The second kappa shape index (κ2) is 9.62. The van der Waals surface area contributed by atoms with Crippen LogP contribution >= 0.6 is 0 Å². The molecule has 1 aromatic heterocycles. The van der Waals surface area contributed by atoms with E-state index in [0.717, 1.165) is 38.6 Å². The smallest absolute Gasteiger partial charge is 0.289 e. The minimum atomic E-state index is -0.0401. The third kappa shape index (κ3) is 5.00. The molecule has 0 atom stereocenters. The number of amides is 1. The zero-order valence-corrected chi connectivity index (χ0v) is 15.7. The first-order valence-corrected chi connectivity index (χ1v) is 9.68. The number of hydrogen-bond donors (Lipinski definition) is 1. The van der Waals surface area contributed by atoms with E-state index in [0.29, 0.717) is 25.0 Å². The molecule has 0 spiro atoms. The normalized spacial score (nSPS) is 19.2. The number of guanidine groups is 1. The Morgan fingerprint density at radius 1 is 1.27 bits per heavy atom. The first kappa shape index (κ1) is 18.8. The van der Waals surface area contributed by atoms with Crippen LogP contribution in [0, 0.1) is 0 Å². The predicted octanol–water partition coefficient (Wildman–Crippen LogP) is 1.96. The summed E-state index contributed by atoms with van der Waals surface area (Å²) in [5, 5.41) is 3.41. The van der Waals surface area contributed by atoms with Gasteiger partial charge in [0.2, 0.25) is 0 Å². The Bertz CT molecular complexity index is 574. The van der Waals surface area contributed by atoms with Gasteiger partial charge in [-0.1, -0.05) is 12.8 Å². The second-order valence-corrected chi connectivity index (χ2v) is 6.86. The summed E-state index contributed by atoms with van der Waals surface area (Å²) in [5.41, 5.74) is 0. The highest BCUT2D eigenvalue weighted by atomic mass is 16.5. The number of hydrogen-bond acceptors (Lipinski definition) is 4. The second-order valence-electron chi connectivity index (χ2n) is 6.86. The number of aliphatic imine (C=N–C) groups is 1. The van der Waals surface area contributed by atoms with Crippen LogP contribution in [0.4, 0.5) is 0 Å². The molecule has 7 nitrogen and oxygen atoms in total. The summed E-state index contributed by atoms with van der Waals surface area (Å²) in [6, 6.07) is 3.45. The lowest BCUT2D eigenvalue weighted by atomic mass is 10.3. The van der Waals surface area contributed by atoms with E-state index in [1.54, 1.807) is 19.2 Å². The predicted molar refractivity (Wildman–Crippen MR) is 100 cm³/mol. The lowest BCUT2D eigenvalue weighted by molar-refractivity contribution is 0.0571. The number of nitrogens with zero attached hydrogens (tertiary/aromatic N) is 3. The van der Waals surface area contributed by atoms with Crippen LogP contribution in [-0.2, 0) is 4.74 Å². The number of ether oxygens (including phenoxy) is 1. The molecule has 0 unspecified atom stereocenters. The van der Waals surface area contributed by atoms with Crippen LogP contribution in [0.15, 0.2) is 27.8 Å². The molecule has 1 N–H and O–H groups in total. The van der Waals surface area contributed by atoms with Crippen LogP contribution in [0.25, 0.3) is 0 Å². The van der Waals surface area contributed by atoms with Crippen molar-refractivity contribution < 1.29 is 13.9 Å². The third-order valence-corrected chi connectivity index (χ3v) is 5.07. The summed E-state index contributed by atoms with van der Waals surface area (Å²) in [5.74, 6) is 1.26. The molecule has 1 saturated carbocycles. The van der Waals surface area contributed by atoms with Crippen molar-refractivity contribution in [3.05, 3.63) is 24.2 Å². The molecule has 26 heavy (non-hydrogen) atoms. The molecule has 2 heterocycles. The van der Waals surface area contributed by atoms with Gasteiger partial charge in [0.05, 0.1) is 12.4 Å². The molecule has 2 aliphatic rings. The van der Waals surface area contributed by atoms with Crippen LogP contribution in [0.3, 0.4) is 0 Å². The Hall–Kier alpha value is -2.02. The molecule has 1 aliphatic heterocycles. The zero-order chi connectivity index (χ0) is 18.2. The van der Waals surface area contributed by atoms with Crippen molar-refractivity contribution in [1.82, 2.24) is 15.1 Å². The Labute approximate surface area is 155 Å². The van der Waals surface area contributed by atoms with Crippen LogP contribution < -0.4 is 5.32 Å². The Morgan fingerprint density at radius 2 is 2.00 bits per heavy atom. The highest BCUT2D eigenvalue weighted by Crippen LogP contribution is 2.20. The quantitative estimate of drug-likeness (QED) is 0.476. The van der Waals surface area contributed by atoms with E-state index in [1.165, 1.54) is 31.9 Å². The lowest BCUT2D eigenvalue weighted by Crippen LogP contribution is -2.53. The molecular formula is C19H30N4O3. The largest absolute Gasteiger partial charge is 0.459 e. The molecule has 0 bridgehead atoms. The summed E-state index contributed by atoms with van der Waals surface area (Å²) < 4.78 is 11.1. The van der Waals surface area contributed by atoms with Crippen LogP contribution in [-0.4, -0.2) is 74.1 Å². The molecule has 0 radical (unpaired) electrons. The van der Waals surface area contributed by atoms with Gasteiger partial charge in [-0.25, -0.2) is 0 Å². The summed E-state index contributed by atoms with van der Waals surface area (Å²) in [7, 11) is 1.80. The van der Waals surface area contributed by atoms with E-state index < -0.39 is 0 Å². The fourth-order valence-electron chi connectivity index (χ4n) is 3.59. The number of rotatable bonds is 6. The standard InChI is InChI=1S/C19H30N4O3/c1-20-19(21-9-5-15-25-16-6-2-3-7-16)23-12-10-22(11-13-23)18(24)17-8-4-14-26-17/h4,8,14,16H,2-3,5-7,9-13,15H2,1H3,(H,20,21). The molecule has 144 valence electrons. The Kier molecular flexibility index (Phi) is 6.94. The first-order valence-electron chi connectivity index (χ1n) is 9.68. The third-order valence-electron chi connectivity index (χ3n) is 5.07. The van der Waals surface area contributed by atoms with E-state index >= 15 is 0 Å². The van der Waals surface area contributed by atoms with E-state index in [1.807, 2.05) is 4.90 Å². The minimum absolute atomic E-state index is 0.0401. The summed E-state index contributed by atoms with van der Waals surface area (Å²) in [6.45, 7) is 4.54. The zero-order valence-electron chi connectivity index (χ0n) is 15.7. The van der Waals surface area contributed by atoms with Gasteiger partial charge in [0.15, 0.2) is 11.7 Å². The van der Waals surface area contributed by atoms with Crippen LogP contribution in [0.5, 0.6) is 0 Å². The fraction of sp³-hybridized carbons (Fsp3) is 0.684. The van der Waals surface area contributed by atoms with Crippen LogP contribution in [0.2, 0.25) is 0 Å². The maximum absolute atomic E-state index is 12.3. The van der Waals surface area contributed by atoms with Gasteiger partial charge in [0, 0.05) is 46.4 Å². The number of furan rings is 1. The molecule has 1 aliphatic carbocycles. The minimum Gasteiger partial charge on any atom is -0.459 e. The highest BCUT2D eigenvalue weighted by Gasteiger charge is 2.25. The number of nitrogens with one attached hydrogen (secondary N) is 1. The van der Waals surface area contributed by atoms with Crippen molar-refractivity contribution in [3.8, 4) is 0 Å². The van der Waals surface area contributed by atoms with Crippen molar-refractivity contribution in [2.24, 2.45) is 4.99 Å². The number of carbonyl (C=O) groups is 1. The monoisotopic (exact) mass is 362 g/mol. The summed E-state index contributed by atoms with van der Waals surface area (Å²) >= 11 is 0. The van der Waals surface area contributed by atoms with Gasteiger partial charge in [0.25, 0.3) is 5.91 Å². The molecule has 7 heteroatoms. The molecule has 3 rings (SSSR count). The van der Waals surface area contributed by atoms with Gasteiger partial charge in [-0.15, -0.1) is 0 Å². The highest BCUT2D eigenvalue weighted by molar-refractivity contribution is 5.91. The Morgan fingerprint density at radius 3 is 2.65 bits per heavy atom.